The highest BCUT2D eigenvalue weighted by Gasteiger charge is 2.26. The van der Waals surface area contributed by atoms with Gasteiger partial charge in [-0.05, 0) is 51.1 Å². The molecule has 0 amide bonds. The summed E-state index contributed by atoms with van der Waals surface area (Å²) >= 11 is 0. The van der Waals surface area contributed by atoms with E-state index < -0.39 is 0 Å². The molecule has 1 heterocycles. The van der Waals surface area contributed by atoms with E-state index in [0.29, 0.717) is 18.1 Å². The van der Waals surface area contributed by atoms with Crippen LogP contribution in [0.4, 0.5) is 0 Å². The first-order valence-electron chi connectivity index (χ1n) is 8.76. The summed E-state index contributed by atoms with van der Waals surface area (Å²) in [5, 5.41) is 3.50. The number of likely N-dealkylation sites (N-methyl/N-ethyl adjacent to an activating group) is 1. The topological polar surface area (TPSA) is 33.7 Å². The number of nitrogens with zero attached hydrogens (tertiary/aromatic N) is 1. The van der Waals surface area contributed by atoms with Crippen molar-refractivity contribution in [3.05, 3.63) is 0 Å². The molecule has 21 heavy (non-hydrogen) atoms. The van der Waals surface area contributed by atoms with E-state index in [1.165, 1.54) is 25.7 Å². The maximum atomic E-state index is 6.12. The molecule has 4 heteroatoms. The molecule has 1 aliphatic heterocycles. The standard InChI is InChI=1S/C17H34N2O2/c1-14(2)10-18-11-16-6-7-17(21-16)12-19(3)8-9-20-13-15-4-5-15/h14-18H,4-13H2,1-3H3. The van der Waals surface area contributed by atoms with E-state index in [1.54, 1.807) is 0 Å². The Morgan fingerprint density at radius 2 is 1.95 bits per heavy atom. The van der Waals surface area contributed by atoms with Crippen LogP contribution in [0.3, 0.4) is 0 Å². The van der Waals surface area contributed by atoms with Gasteiger partial charge in [0.2, 0.25) is 0 Å². The second kappa shape index (κ2) is 9.09. The van der Waals surface area contributed by atoms with Crippen LogP contribution in [0.2, 0.25) is 0 Å². The minimum Gasteiger partial charge on any atom is -0.380 e. The van der Waals surface area contributed by atoms with Gasteiger partial charge in [-0.25, -0.2) is 0 Å². The van der Waals surface area contributed by atoms with Crippen LogP contribution in [-0.2, 0) is 9.47 Å². The summed E-state index contributed by atoms with van der Waals surface area (Å²) in [4.78, 5) is 2.35. The lowest BCUT2D eigenvalue weighted by Gasteiger charge is -2.21. The van der Waals surface area contributed by atoms with Gasteiger partial charge in [-0.15, -0.1) is 0 Å². The lowest BCUT2D eigenvalue weighted by molar-refractivity contribution is 0.0212. The highest BCUT2D eigenvalue weighted by atomic mass is 16.5. The Morgan fingerprint density at radius 3 is 2.67 bits per heavy atom. The largest absolute Gasteiger partial charge is 0.380 e. The molecule has 124 valence electrons. The van der Waals surface area contributed by atoms with Gasteiger partial charge < -0.3 is 19.7 Å². The van der Waals surface area contributed by atoms with Crippen molar-refractivity contribution in [1.29, 1.82) is 0 Å². The van der Waals surface area contributed by atoms with Gasteiger partial charge in [0.15, 0.2) is 0 Å². The van der Waals surface area contributed by atoms with E-state index in [1.807, 2.05) is 0 Å². The first-order valence-corrected chi connectivity index (χ1v) is 8.76. The lowest BCUT2D eigenvalue weighted by Crippen LogP contribution is -2.34. The quantitative estimate of drug-likeness (QED) is 0.593. The number of nitrogens with one attached hydrogen (secondary N) is 1. The summed E-state index contributed by atoms with van der Waals surface area (Å²) in [6, 6.07) is 0. The van der Waals surface area contributed by atoms with E-state index in [-0.39, 0.29) is 0 Å². The molecule has 2 unspecified atom stereocenters. The van der Waals surface area contributed by atoms with Gasteiger partial charge >= 0.3 is 0 Å². The van der Waals surface area contributed by atoms with E-state index >= 15 is 0 Å². The molecule has 4 nitrogen and oxygen atoms in total. The smallest absolute Gasteiger partial charge is 0.0707 e. The highest BCUT2D eigenvalue weighted by Crippen LogP contribution is 2.28. The van der Waals surface area contributed by atoms with Gasteiger partial charge in [-0.3, -0.25) is 0 Å². The Labute approximate surface area is 130 Å². The molecule has 1 saturated carbocycles. The number of hydrogen-bond donors (Lipinski definition) is 1. The Hall–Kier alpha value is -0.160. The molecule has 1 N–H and O–H groups in total. The summed E-state index contributed by atoms with van der Waals surface area (Å²) < 4.78 is 11.8. The van der Waals surface area contributed by atoms with Crippen molar-refractivity contribution >= 4 is 0 Å². The van der Waals surface area contributed by atoms with Crippen LogP contribution in [0, 0.1) is 11.8 Å². The second-order valence-electron chi connectivity index (χ2n) is 7.29. The molecule has 0 aromatic carbocycles. The average molecular weight is 298 g/mol. The van der Waals surface area contributed by atoms with Crippen molar-refractivity contribution in [3.8, 4) is 0 Å². The van der Waals surface area contributed by atoms with Gasteiger partial charge in [-0.1, -0.05) is 13.8 Å². The minimum absolute atomic E-state index is 0.407. The van der Waals surface area contributed by atoms with Gasteiger partial charge in [0.1, 0.15) is 0 Å². The molecule has 0 spiro atoms. The lowest BCUT2D eigenvalue weighted by atomic mass is 10.2. The van der Waals surface area contributed by atoms with Crippen molar-refractivity contribution in [2.24, 2.45) is 11.8 Å². The van der Waals surface area contributed by atoms with Gasteiger partial charge in [0.25, 0.3) is 0 Å². The molecule has 2 aliphatic rings. The molecule has 1 saturated heterocycles. The van der Waals surface area contributed by atoms with Gasteiger partial charge in [-0.2, -0.15) is 0 Å². The molecule has 0 bridgehead atoms. The van der Waals surface area contributed by atoms with Gasteiger partial charge in [0.05, 0.1) is 18.8 Å². The predicted octanol–water partition coefficient (Wildman–Crippen LogP) is 2.14. The maximum Gasteiger partial charge on any atom is 0.0707 e. The van der Waals surface area contributed by atoms with Crippen molar-refractivity contribution in [1.82, 2.24) is 10.2 Å². The summed E-state index contributed by atoms with van der Waals surface area (Å²) in [5.41, 5.74) is 0. The Bertz CT molecular complexity index is 282. The molecule has 0 aromatic rings. The van der Waals surface area contributed by atoms with Crippen LogP contribution in [0.15, 0.2) is 0 Å². The third kappa shape index (κ3) is 7.59. The molecule has 2 atom stereocenters. The molecule has 0 aromatic heterocycles. The van der Waals surface area contributed by atoms with Gasteiger partial charge in [0, 0.05) is 26.2 Å². The van der Waals surface area contributed by atoms with Crippen LogP contribution >= 0.6 is 0 Å². The number of ether oxygens (including phenoxy) is 2. The number of rotatable bonds is 11. The minimum atomic E-state index is 0.407. The molecular weight excluding hydrogens is 264 g/mol. The zero-order chi connectivity index (χ0) is 15.1. The molecular formula is C17H34N2O2. The fourth-order valence-electron chi connectivity index (χ4n) is 2.79. The van der Waals surface area contributed by atoms with Crippen LogP contribution < -0.4 is 5.32 Å². The molecule has 1 aliphatic carbocycles. The summed E-state index contributed by atoms with van der Waals surface area (Å²) in [6.07, 6.45) is 5.96. The first kappa shape index (κ1) is 17.2. The Morgan fingerprint density at radius 1 is 1.19 bits per heavy atom. The molecule has 0 radical (unpaired) electrons. The van der Waals surface area contributed by atoms with Crippen molar-refractivity contribution < 1.29 is 9.47 Å². The van der Waals surface area contributed by atoms with E-state index in [9.17, 15) is 0 Å². The van der Waals surface area contributed by atoms with Crippen molar-refractivity contribution in [2.75, 3.05) is 46.4 Å². The first-order chi connectivity index (χ1) is 10.1. The molecule has 2 rings (SSSR count). The Balaban J connectivity index is 1.47. The normalized spacial score (nSPS) is 26.1. The SMILES string of the molecule is CC(C)CNCC1CCC(CN(C)CCOCC2CC2)O1. The van der Waals surface area contributed by atoms with Crippen LogP contribution in [0.1, 0.15) is 39.5 Å². The predicted molar refractivity (Wildman–Crippen MR) is 86.6 cm³/mol. The fraction of sp³-hybridized carbons (Fsp3) is 1.00. The average Bonchev–Trinajstić information content (AvgIpc) is 3.15. The monoisotopic (exact) mass is 298 g/mol. The third-order valence-electron chi connectivity index (χ3n) is 4.30. The van der Waals surface area contributed by atoms with E-state index in [0.717, 1.165) is 45.3 Å². The zero-order valence-corrected chi connectivity index (χ0v) is 14.1. The van der Waals surface area contributed by atoms with Crippen LogP contribution in [-0.4, -0.2) is 63.5 Å². The fourth-order valence-corrected chi connectivity index (χ4v) is 2.79. The third-order valence-corrected chi connectivity index (χ3v) is 4.30. The second-order valence-corrected chi connectivity index (χ2v) is 7.29. The van der Waals surface area contributed by atoms with Crippen LogP contribution in [0.25, 0.3) is 0 Å². The summed E-state index contributed by atoms with van der Waals surface area (Å²) in [7, 11) is 2.17. The maximum absolute atomic E-state index is 6.12. The summed E-state index contributed by atoms with van der Waals surface area (Å²) in [6.45, 7) is 10.5. The highest BCUT2D eigenvalue weighted by molar-refractivity contribution is 4.77. The van der Waals surface area contributed by atoms with E-state index in [2.05, 4.69) is 31.1 Å². The molecule has 2 fully saturated rings. The summed E-state index contributed by atoms with van der Waals surface area (Å²) in [5.74, 6) is 1.58. The van der Waals surface area contributed by atoms with Crippen LogP contribution in [0.5, 0.6) is 0 Å². The Kier molecular flexibility index (Phi) is 7.44. The number of hydrogen-bond acceptors (Lipinski definition) is 4. The van der Waals surface area contributed by atoms with Crippen molar-refractivity contribution in [2.45, 2.75) is 51.7 Å². The zero-order valence-electron chi connectivity index (χ0n) is 14.1. The van der Waals surface area contributed by atoms with Crippen molar-refractivity contribution in [3.63, 3.8) is 0 Å². The van der Waals surface area contributed by atoms with E-state index in [4.69, 9.17) is 9.47 Å².